The van der Waals surface area contributed by atoms with Gasteiger partial charge in [-0.15, -0.1) is 0 Å². The van der Waals surface area contributed by atoms with Crippen LogP contribution in [0.1, 0.15) is 31.4 Å². The van der Waals surface area contributed by atoms with Gasteiger partial charge in [-0.3, -0.25) is 18.9 Å². The largest absolute Gasteiger partial charge is 0.494 e. The van der Waals surface area contributed by atoms with E-state index in [1.807, 2.05) is 44.2 Å². The zero-order chi connectivity index (χ0) is 17.9. The lowest BCUT2D eigenvalue weighted by atomic mass is 10.1. The molecule has 0 bridgehead atoms. The maximum atomic E-state index is 12.4. The van der Waals surface area contributed by atoms with Crippen LogP contribution in [0.2, 0.25) is 0 Å². The summed E-state index contributed by atoms with van der Waals surface area (Å²) in [6.45, 7) is 3.84. The first-order chi connectivity index (χ1) is 11.4. The van der Waals surface area contributed by atoms with Gasteiger partial charge >= 0.3 is 5.69 Å². The molecule has 2 aromatic rings. The van der Waals surface area contributed by atoms with Gasteiger partial charge in [0.2, 0.25) is 5.88 Å². The second kappa shape index (κ2) is 7.29. The van der Waals surface area contributed by atoms with Gasteiger partial charge in [0.25, 0.3) is 5.56 Å². The molecule has 24 heavy (non-hydrogen) atoms. The summed E-state index contributed by atoms with van der Waals surface area (Å²) < 4.78 is 2.05. The molecule has 128 valence electrons. The molecule has 0 aliphatic rings. The molecule has 0 unspecified atom stereocenters. The van der Waals surface area contributed by atoms with E-state index < -0.39 is 11.2 Å². The van der Waals surface area contributed by atoms with Crippen molar-refractivity contribution in [2.24, 2.45) is 19.1 Å². The van der Waals surface area contributed by atoms with Crippen LogP contribution in [-0.4, -0.2) is 26.0 Å². The van der Waals surface area contributed by atoms with E-state index in [0.29, 0.717) is 12.1 Å². The fourth-order valence-electron chi connectivity index (χ4n) is 2.69. The first kappa shape index (κ1) is 17.7. The minimum atomic E-state index is -0.561. The van der Waals surface area contributed by atoms with Crippen molar-refractivity contribution in [1.29, 1.82) is 0 Å². The molecular weight excluding hydrogens is 306 g/mol. The molecular formula is C18H23N3O3. The number of aliphatic imine (C=N–C) groups is 1. The molecule has 0 aliphatic carbocycles. The Balaban J connectivity index is 2.45. The zero-order valence-electron chi connectivity index (χ0n) is 14.5. The molecule has 0 aliphatic heterocycles. The first-order valence-corrected chi connectivity index (χ1v) is 7.96. The van der Waals surface area contributed by atoms with Crippen molar-refractivity contribution in [3.63, 3.8) is 0 Å². The first-order valence-electron chi connectivity index (χ1n) is 7.96. The van der Waals surface area contributed by atoms with Crippen LogP contribution >= 0.6 is 0 Å². The predicted octanol–water partition coefficient (Wildman–Crippen LogP) is 1.62. The highest BCUT2D eigenvalue weighted by atomic mass is 16.3. The van der Waals surface area contributed by atoms with E-state index in [1.54, 1.807) is 0 Å². The molecule has 0 amide bonds. The Kier molecular flexibility index (Phi) is 5.39. The quantitative estimate of drug-likeness (QED) is 0.847. The SMILES string of the molecule is CCC(=N[C@@H](C)Cc1ccccc1)c1c(O)n(C)c(=O)n(C)c1=O. The summed E-state index contributed by atoms with van der Waals surface area (Å²) in [5, 5.41) is 10.3. The molecule has 1 aromatic heterocycles. The van der Waals surface area contributed by atoms with E-state index in [2.05, 4.69) is 4.99 Å². The average Bonchev–Trinajstić information content (AvgIpc) is 2.58. The van der Waals surface area contributed by atoms with Crippen LogP contribution < -0.4 is 11.2 Å². The van der Waals surface area contributed by atoms with Crippen molar-refractivity contribution < 1.29 is 5.11 Å². The van der Waals surface area contributed by atoms with Crippen LogP contribution in [-0.2, 0) is 20.5 Å². The minimum absolute atomic E-state index is 0.0521. The lowest BCUT2D eigenvalue weighted by Gasteiger charge is -2.14. The molecule has 6 heteroatoms. The summed E-state index contributed by atoms with van der Waals surface area (Å²) in [5.41, 5.74) is 0.674. The molecule has 0 saturated heterocycles. The van der Waals surface area contributed by atoms with Crippen molar-refractivity contribution >= 4 is 5.71 Å². The molecule has 0 spiro atoms. The highest BCUT2D eigenvalue weighted by Crippen LogP contribution is 2.14. The Morgan fingerprint density at radius 1 is 1.17 bits per heavy atom. The third-order valence-electron chi connectivity index (χ3n) is 4.01. The smallest absolute Gasteiger partial charge is 0.333 e. The summed E-state index contributed by atoms with van der Waals surface area (Å²) in [5.74, 6) is -0.337. The molecule has 0 fully saturated rings. The number of aromatic hydroxyl groups is 1. The van der Waals surface area contributed by atoms with Gasteiger partial charge in [-0.25, -0.2) is 4.79 Å². The molecule has 1 heterocycles. The maximum absolute atomic E-state index is 12.4. The highest BCUT2D eigenvalue weighted by Gasteiger charge is 2.19. The van der Waals surface area contributed by atoms with E-state index in [4.69, 9.17) is 0 Å². The Morgan fingerprint density at radius 2 is 1.79 bits per heavy atom. The Morgan fingerprint density at radius 3 is 2.38 bits per heavy atom. The zero-order valence-corrected chi connectivity index (χ0v) is 14.5. The van der Waals surface area contributed by atoms with E-state index in [1.165, 1.54) is 14.1 Å². The number of hydrogen-bond acceptors (Lipinski definition) is 4. The van der Waals surface area contributed by atoms with Crippen LogP contribution in [0.5, 0.6) is 5.88 Å². The summed E-state index contributed by atoms with van der Waals surface area (Å²) in [6, 6.07) is 9.91. The van der Waals surface area contributed by atoms with E-state index in [9.17, 15) is 14.7 Å². The van der Waals surface area contributed by atoms with Gasteiger partial charge in [0.15, 0.2) is 0 Å². The van der Waals surface area contributed by atoms with Crippen LogP contribution in [0, 0.1) is 0 Å². The van der Waals surface area contributed by atoms with Crippen molar-refractivity contribution in [3.8, 4) is 5.88 Å². The van der Waals surface area contributed by atoms with Crippen LogP contribution in [0.25, 0.3) is 0 Å². The van der Waals surface area contributed by atoms with Crippen molar-refractivity contribution in [1.82, 2.24) is 9.13 Å². The van der Waals surface area contributed by atoms with E-state index >= 15 is 0 Å². The minimum Gasteiger partial charge on any atom is -0.494 e. The summed E-state index contributed by atoms with van der Waals surface area (Å²) in [6.07, 6.45) is 1.22. The molecule has 0 radical (unpaired) electrons. The predicted molar refractivity (Wildman–Crippen MR) is 95.0 cm³/mol. The topological polar surface area (TPSA) is 76.6 Å². The van der Waals surface area contributed by atoms with Crippen molar-refractivity contribution in [3.05, 3.63) is 62.3 Å². The molecule has 1 atom stereocenters. The van der Waals surface area contributed by atoms with Crippen molar-refractivity contribution in [2.75, 3.05) is 0 Å². The standard InChI is InChI=1S/C18H23N3O3/c1-5-14(19-12(2)11-13-9-7-6-8-10-13)15-16(22)20(3)18(24)21(4)17(15)23/h6-10,12,22H,5,11H2,1-4H3/t12-/m0/s1. The summed E-state index contributed by atoms with van der Waals surface area (Å²) in [7, 11) is 2.83. The Bertz CT molecular complexity index is 864. The second-order valence-electron chi connectivity index (χ2n) is 5.87. The number of benzene rings is 1. The fraction of sp³-hybridized carbons (Fsp3) is 0.389. The monoisotopic (exact) mass is 329 g/mol. The molecule has 1 aromatic carbocycles. The maximum Gasteiger partial charge on any atom is 0.333 e. The number of hydrogen-bond donors (Lipinski definition) is 1. The average molecular weight is 329 g/mol. The normalized spacial score (nSPS) is 13.1. The van der Waals surface area contributed by atoms with Gasteiger partial charge in [-0.2, -0.15) is 0 Å². The lowest BCUT2D eigenvalue weighted by molar-refractivity contribution is 0.410. The number of nitrogens with zero attached hydrogens (tertiary/aromatic N) is 3. The highest BCUT2D eigenvalue weighted by molar-refractivity contribution is 6.02. The van der Waals surface area contributed by atoms with Gasteiger partial charge < -0.3 is 5.11 Å². The van der Waals surface area contributed by atoms with Gasteiger partial charge in [-0.1, -0.05) is 37.3 Å². The third-order valence-corrected chi connectivity index (χ3v) is 4.01. The third kappa shape index (κ3) is 3.48. The molecule has 1 N–H and O–H groups in total. The number of aromatic nitrogens is 2. The molecule has 0 saturated carbocycles. The van der Waals surface area contributed by atoms with Crippen LogP contribution in [0.3, 0.4) is 0 Å². The van der Waals surface area contributed by atoms with E-state index in [0.717, 1.165) is 21.1 Å². The lowest BCUT2D eigenvalue weighted by Crippen LogP contribution is -2.40. The van der Waals surface area contributed by atoms with E-state index in [-0.39, 0.29) is 17.5 Å². The molecule has 6 nitrogen and oxygen atoms in total. The second-order valence-corrected chi connectivity index (χ2v) is 5.87. The van der Waals surface area contributed by atoms with Gasteiger partial charge in [0.1, 0.15) is 5.56 Å². The fourth-order valence-corrected chi connectivity index (χ4v) is 2.69. The van der Waals surface area contributed by atoms with Gasteiger partial charge in [0.05, 0.1) is 11.8 Å². The van der Waals surface area contributed by atoms with Crippen LogP contribution in [0.4, 0.5) is 0 Å². The van der Waals surface area contributed by atoms with Gasteiger partial charge in [-0.05, 0) is 25.3 Å². The molecule has 2 rings (SSSR count). The summed E-state index contributed by atoms with van der Waals surface area (Å²) in [4.78, 5) is 28.9. The Hall–Kier alpha value is -2.63. The van der Waals surface area contributed by atoms with Crippen molar-refractivity contribution in [2.45, 2.75) is 32.7 Å². The Labute approximate surface area is 140 Å². The number of rotatable bonds is 5. The summed E-state index contributed by atoms with van der Waals surface area (Å²) >= 11 is 0. The van der Waals surface area contributed by atoms with Gasteiger partial charge in [0, 0.05) is 14.1 Å². The van der Waals surface area contributed by atoms with Crippen LogP contribution in [0.15, 0.2) is 44.9 Å².